The molecule has 1 unspecified atom stereocenters. The Kier molecular flexibility index (Phi) is 6.66. The van der Waals surface area contributed by atoms with Crippen LogP contribution in [-0.4, -0.2) is 0 Å². The van der Waals surface area contributed by atoms with Gasteiger partial charge in [0.05, 0.1) is 5.69 Å². The van der Waals surface area contributed by atoms with E-state index in [0.717, 1.165) is 11.4 Å². The molecular weight excluding hydrogens is 595 g/mol. The van der Waals surface area contributed by atoms with Crippen LogP contribution in [0.1, 0.15) is 22.6 Å². The molecule has 9 rings (SSSR count). The first-order chi connectivity index (χ1) is 22.8. The summed E-state index contributed by atoms with van der Waals surface area (Å²) in [5, 5.41) is 5.27. The van der Waals surface area contributed by atoms with Crippen LogP contribution in [-0.2, 0) is 0 Å². The highest BCUT2D eigenvalue weighted by Crippen LogP contribution is 2.46. The molecule has 0 saturated heterocycles. The summed E-state index contributed by atoms with van der Waals surface area (Å²) in [5.41, 5.74) is 7.41. The first-order valence-corrected chi connectivity index (χ1v) is 17.3. The summed E-state index contributed by atoms with van der Waals surface area (Å²) in [4.78, 5) is 2.39. The Morgan fingerprint density at radius 2 is 0.891 bits per heavy atom. The van der Waals surface area contributed by atoms with Crippen LogP contribution in [0.4, 0.5) is 17.1 Å². The monoisotopic (exact) mass is 623 g/mol. The van der Waals surface area contributed by atoms with Crippen molar-refractivity contribution in [1.82, 2.24) is 0 Å². The molecule has 9 aromatic rings. The molecule has 1 atom stereocenters. The highest BCUT2D eigenvalue weighted by Gasteiger charge is 2.22. The number of nitrogens with zero attached hydrogens (tertiary/aromatic N) is 1. The Bertz CT molecular complexity index is 2440. The van der Waals surface area contributed by atoms with Gasteiger partial charge in [-0.3, -0.25) is 0 Å². The Labute approximate surface area is 276 Å². The SMILES string of the molecule is c1ccc(C(c2ccc3sc4ccccc4c3c2)c2ccc3sc4cccc(N(c5ccccc5)c5ccccc5)c4c3c2)cc1. The molecule has 2 aromatic heterocycles. The number of anilines is 3. The molecule has 2 heterocycles. The summed E-state index contributed by atoms with van der Waals surface area (Å²) >= 11 is 3.75. The lowest BCUT2D eigenvalue weighted by Gasteiger charge is -2.26. The number of para-hydroxylation sites is 2. The maximum absolute atomic E-state index is 2.46. The van der Waals surface area contributed by atoms with Crippen molar-refractivity contribution in [2.24, 2.45) is 0 Å². The molecule has 1 nitrogen and oxygen atoms in total. The van der Waals surface area contributed by atoms with Crippen molar-refractivity contribution in [2.75, 3.05) is 4.90 Å². The van der Waals surface area contributed by atoms with Crippen molar-refractivity contribution >= 4 is 80.1 Å². The van der Waals surface area contributed by atoms with E-state index in [9.17, 15) is 0 Å². The second kappa shape index (κ2) is 11.3. The van der Waals surface area contributed by atoms with Gasteiger partial charge in [0.15, 0.2) is 0 Å². The van der Waals surface area contributed by atoms with Crippen molar-refractivity contribution in [3.63, 3.8) is 0 Å². The van der Waals surface area contributed by atoms with Crippen LogP contribution in [0.15, 0.2) is 170 Å². The van der Waals surface area contributed by atoms with Crippen LogP contribution in [0.3, 0.4) is 0 Å². The van der Waals surface area contributed by atoms with Gasteiger partial charge in [-0.1, -0.05) is 103 Å². The summed E-state index contributed by atoms with van der Waals surface area (Å²) < 4.78 is 5.27. The molecular formula is C43H29NS2. The van der Waals surface area contributed by atoms with E-state index in [4.69, 9.17) is 0 Å². The van der Waals surface area contributed by atoms with E-state index in [1.807, 2.05) is 22.7 Å². The molecule has 46 heavy (non-hydrogen) atoms. The van der Waals surface area contributed by atoms with Crippen LogP contribution in [0, 0.1) is 0 Å². The van der Waals surface area contributed by atoms with Crippen molar-refractivity contribution in [3.8, 4) is 0 Å². The fourth-order valence-electron chi connectivity index (χ4n) is 6.92. The molecule has 0 N–H and O–H groups in total. The molecule has 0 bridgehead atoms. The average Bonchev–Trinajstić information content (AvgIpc) is 3.68. The van der Waals surface area contributed by atoms with Gasteiger partial charge >= 0.3 is 0 Å². The lowest BCUT2D eigenvalue weighted by atomic mass is 9.84. The minimum atomic E-state index is 0.107. The van der Waals surface area contributed by atoms with Gasteiger partial charge in [-0.05, 0) is 83.4 Å². The second-order valence-electron chi connectivity index (χ2n) is 11.7. The molecule has 0 aliphatic heterocycles. The Hall–Kier alpha value is -5.22. The first-order valence-electron chi connectivity index (χ1n) is 15.6. The van der Waals surface area contributed by atoms with E-state index in [0.29, 0.717) is 0 Å². The average molecular weight is 624 g/mol. The van der Waals surface area contributed by atoms with E-state index < -0.39 is 0 Å². The Morgan fingerprint density at radius 3 is 1.59 bits per heavy atom. The van der Waals surface area contributed by atoms with E-state index in [1.165, 1.54) is 62.7 Å². The van der Waals surface area contributed by atoms with Crippen molar-refractivity contribution < 1.29 is 0 Å². The number of hydrogen-bond donors (Lipinski definition) is 0. The second-order valence-corrected chi connectivity index (χ2v) is 13.9. The molecule has 0 fully saturated rings. The molecule has 218 valence electrons. The summed E-state index contributed by atoms with van der Waals surface area (Å²) in [6.07, 6.45) is 0. The van der Waals surface area contributed by atoms with E-state index in [1.54, 1.807) is 0 Å². The number of thiophene rings is 2. The molecule has 0 radical (unpaired) electrons. The molecule has 3 heteroatoms. The van der Waals surface area contributed by atoms with Gasteiger partial charge < -0.3 is 4.90 Å². The van der Waals surface area contributed by atoms with E-state index in [-0.39, 0.29) is 5.92 Å². The first kappa shape index (κ1) is 27.1. The van der Waals surface area contributed by atoms with E-state index >= 15 is 0 Å². The summed E-state index contributed by atoms with van der Waals surface area (Å²) in [6.45, 7) is 0. The zero-order valence-corrected chi connectivity index (χ0v) is 26.6. The fraction of sp³-hybridized carbons (Fsp3) is 0.0233. The van der Waals surface area contributed by atoms with Crippen LogP contribution in [0.2, 0.25) is 0 Å². The molecule has 0 spiro atoms. The largest absolute Gasteiger partial charge is 0.310 e. The van der Waals surface area contributed by atoms with Gasteiger partial charge in [0.25, 0.3) is 0 Å². The molecule has 0 saturated carbocycles. The number of benzene rings is 7. The van der Waals surface area contributed by atoms with Gasteiger partial charge in [0.1, 0.15) is 0 Å². The smallest absolute Gasteiger partial charge is 0.0554 e. The Morgan fingerprint density at radius 1 is 0.370 bits per heavy atom. The van der Waals surface area contributed by atoms with Gasteiger partial charge in [-0.2, -0.15) is 0 Å². The minimum Gasteiger partial charge on any atom is -0.310 e. The molecule has 0 aliphatic rings. The predicted octanol–water partition coefficient (Wildman–Crippen LogP) is 13.1. The topological polar surface area (TPSA) is 3.24 Å². The Balaban J connectivity index is 1.27. The van der Waals surface area contributed by atoms with Crippen LogP contribution < -0.4 is 4.90 Å². The van der Waals surface area contributed by atoms with Crippen LogP contribution in [0.5, 0.6) is 0 Å². The maximum Gasteiger partial charge on any atom is 0.0554 e. The predicted molar refractivity (Wildman–Crippen MR) is 201 cm³/mol. The fourth-order valence-corrected chi connectivity index (χ4v) is 9.11. The number of hydrogen-bond acceptors (Lipinski definition) is 3. The lowest BCUT2D eigenvalue weighted by molar-refractivity contribution is 0.984. The van der Waals surface area contributed by atoms with Crippen LogP contribution in [0.25, 0.3) is 40.3 Å². The number of fused-ring (bicyclic) bond motifs is 6. The van der Waals surface area contributed by atoms with Gasteiger partial charge in [-0.15, -0.1) is 22.7 Å². The molecule has 7 aromatic carbocycles. The zero-order chi connectivity index (χ0) is 30.5. The highest BCUT2D eigenvalue weighted by molar-refractivity contribution is 7.26. The van der Waals surface area contributed by atoms with Gasteiger partial charge in [0.2, 0.25) is 0 Å². The highest BCUT2D eigenvalue weighted by atomic mass is 32.1. The third kappa shape index (κ3) is 4.59. The summed E-state index contributed by atoms with van der Waals surface area (Å²) in [5.74, 6) is 0.107. The third-order valence-corrected chi connectivity index (χ3v) is 11.3. The maximum atomic E-state index is 2.46. The number of rotatable bonds is 6. The van der Waals surface area contributed by atoms with Crippen LogP contribution >= 0.6 is 22.7 Å². The van der Waals surface area contributed by atoms with E-state index in [2.05, 4.69) is 175 Å². The molecule has 0 amide bonds. The summed E-state index contributed by atoms with van der Waals surface area (Å²) in [6, 6.07) is 62.1. The molecule has 0 aliphatic carbocycles. The summed E-state index contributed by atoms with van der Waals surface area (Å²) in [7, 11) is 0. The van der Waals surface area contributed by atoms with Crippen molar-refractivity contribution in [3.05, 3.63) is 187 Å². The van der Waals surface area contributed by atoms with Crippen molar-refractivity contribution in [1.29, 1.82) is 0 Å². The zero-order valence-electron chi connectivity index (χ0n) is 25.0. The van der Waals surface area contributed by atoms with Gasteiger partial charge in [-0.25, -0.2) is 0 Å². The minimum absolute atomic E-state index is 0.107. The quantitative estimate of drug-likeness (QED) is 0.167. The lowest BCUT2D eigenvalue weighted by Crippen LogP contribution is -2.10. The normalized spacial score (nSPS) is 12.3. The third-order valence-electron chi connectivity index (χ3n) is 8.97. The standard InChI is InChI=1S/C43H29NS2/c1-4-13-29(14-5-1)42(30-23-25-39-35(27-30)34-19-10-11-21-38(34)45-39)31-24-26-40-36(28-31)43-37(20-12-22-41(43)46-40)44(32-15-6-2-7-16-32)33-17-8-3-9-18-33/h1-28,42H. The van der Waals surface area contributed by atoms with Gasteiger partial charge in [0, 0.05) is 57.6 Å². The van der Waals surface area contributed by atoms with Crippen molar-refractivity contribution in [2.45, 2.75) is 5.92 Å².